The number of hydrogen-bond donors (Lipinski definition) is 1. The van der Waals surface area contributed by atoms with Crippen LogP contribution >= 0.6 is 0 Å². The molecule has 1 aromatic carbocycles. The summed E-state index contributed by atoms with van der Waals surface area (Å²) in [6.45, 7) is 0.892. The summed E-state index contributed by atoms with van der Waals surface area (Å²) in [5.74, 6) is -2.80. The van der Waals surface area contributed by atoms with Gasteiger partial charge in [0.25, 0.3) is 5.91 Å². The Morgan fingerprint density at radius 1 is 1.35 bits per heavy atom. The van der Waals surface area contributed by atoms with Crippen molar-refractivity contribution in [1.29, 1.82) is 0 Å². The van der Waals surface area contributed by atoms with Crippen molar-refractivity contribution < 1.29 is 23.5 Å². The number of carbonyl (C=O) groups excluding carboxylic acids is 1. The molecule has 0 spiro atoms. The maximum Gasteiger partial charge on any atom is 0.303 e. The number of amides is 1. The average Bonchev–Trinajstić information content (AvgIpc) is 2.84. The highest BCUT2D eigenvalue weighted by molar-refractivity contribution is 5.94. The maximum atomic E-state index is 13.5. The Morgan fingerprint density at radius 2 is 2.10 bits per heavy atom. The highest BCUT2D eigenvalue weighted by Gasteiger charge is 2.28. The van der Waals surface area contributed by atoms with Crippen LogP contribution < -0.4 is 0 Å². The average molecular weight is 283 g/mol. The fraction of sp³-hybridized carbons (Fsp3) is 0.429. The molecule has 0 aromatic heterocycles. The van der Waals surface area contributed by atoms with E-state index in [1.54, 1.807) is 0 Å². The van der Waals surface area contributed by atoms with Gasteiger partial charge in [-0.15, -0.1) is 0 Å². The molecule has 1 atom stereocenters. The van der Waals surface area contributed by atoms with Gasteiger partial charge >= 0.3 is 5.97 Å². The van der Waals surface area contributed by atoms with E-state index in [-0.39, 0.29) is 17.9 Å². The van der Waals surface area contributed by atoms with E-state index in [0.717, 1.165) is 12.1 Å². The summed E-state index contributed by atoms with van der Waals surface area (Å²) in [6, 6.07) is 2.87. The molecule has 1 aromatic rings. The Kier molecular flexibility index (Phi) is 4.32. The molecular formula is C14H15F2NO3. The molecular weight excluding hydrogens is 268 g/mol. The quantitative estimate of drug-likeness (QED) is 0.922. The predicted molar refractivity (Wildman–Crippen MR) is 67.2 cm³/mol. The highest BCUT2D eigenvalue weighted by Crippen LogP contribution is 2.23. The molecule has 4 nitrogen and oxygen atoms in total. The van der Waals surface area contributed by atoms with Gasteiger partial charge in [-0.3, -0.25) is 9.59 Å². The third-order valence-electron chi connectivity index (χ3n) is 3.50. The van der Waals surface area contributed by atoms with Gasteiger partial charge in [0.15, 0.2) is 0 Å². The van der Waals surface area contributed by atoms with Crippen molar-refractivity contribution in [2.45, 2.75) is 19.3 Å². The van der Waals surface area contributed by atoms with Crippen LogP contribution in [0, 0.1) is 17.6 Å². The fourth-order valence-corrected chi connectivity index (χ4v) is 2.41. The van der Waals surface area contributed by atoms with Crippen LogP contribution in [0.4, 0.5) is 8.78 Å². The molecule has 1 aliphatic heterocycles. The van der Waals surface area contributed by atoms with Crippen LogP contribution in [0.5, 0.6) is 0 Å². The molecule has 6 heteroatoms. The Labute approximate surface area is 115 Å². The zero-order valence-electron chi connectivity index (χ0n) is 10.8. The lowest BCUT2D eigenvalue weighted by Crippen LogP contribution is -2.29. The first-order chi connectivity index (χ1) is 9.47. The molecule has 1 N–H and O–H groups in total. The minimum atomic E-state index is -0.871. The molecule has 0 bridgehead atoms. The lowest BCUT2D eigenvalue weighted by molar-refractivity contribution is -0.137. The van der Waals surface area contributed by atoms with E-state index in [1.807, 2.05) is 0 Å². The standard InChI is InChI=1S/C14H15F2NO3/c15-10-2-3-11(12(16)7-10)14(20)17-6-5-9(8-17)1-4-13(18)19/h2-3,7,9H,1,4-6,8H2,(H,18,19). The lowest BCUT2D eigenvalue weighted by Gasteiger charge is -2.16. The first-order valence-corrected chi connectivity index (χ1v) is 6.43. The SMILES string of the molecule is O=C(O)CCC1CCN(C(=O)c2ccc(F)cc2F)C1. The number of aliphatic carboxylic acids is 1. The van der Waals surface area contributed by atoms with Gasteiger partial charge in [-0.05, 0) is 30.9 Å². The smallest absolute Gasteiger partial charge is 0.303 e. The van der Waals surface area contributed by atoms with Crippen molar-refractivity contribution >= 4 is 11.9 Å². The van der Waals surface area contributed by atoms with Crippen molar-refractivity contribution in [3.05, 3.63) is 35.4 Å². The van der Waals surface area contributed by atoms with E-state index >= 15 is 0 Å². The van der Waals surface area contributed by atoms with Crippen molar-refractivity contribution in [2.75, 3.05) is 13.1 Å². The van der Waals surface area contributed by atoms with Gasteiger partial charge in [-0.2, -0.15) is 0 Å². The number of rotatable bonds is 4. The molecule has 0 saturated carbocycles. The summed E-state index contributed by atoms with van der Waals surface area (Å²) in [7, 11) is 0. The van der Waals surface area contributed by atoms with Crippen LogP contribution in [-0.2, 0) is 4.79 Å². The first kappa shape index (κ1) is 14.4. The summed E-state index contributed by atoms with van der Waals surface area (Å²) in [5, 5.41) is 8.62. The van der Waals surface area contributed by atoms with Gasteiger partial charge in [0.2, 0.25) is 0 Å². The molecule has 1 amide bonds. The van der Waals surface area contributed by atoms with Gasteiger partial charge < -0.3 is 10.0 Å². The zero-order valence-corrected chi connectivity index (χ0v) is 10.8. The molecule has 0 radical (unpaired) electrons. The molecule has 1 heterocycles. The van der Waals surface area contributed by atoms with Crippen LogP contribution in [0.3, 0.4) is 0 Å². The second-order valence-corrected chi connectivity index (χ2v) is 4.96. The Balaban J connectivity index is 1.99. The zero-order chi connectivity index (χ0) is 14.7. The van der Waals surface area contributed by atoms with Crippen LogP contribution in [0.1, 0.15) is 29.6 Å². The molecule has 0 aliphatic carbocycles. The number of carboxylic acids is 1. The van der Waals surface area contributed by atoms with E-state index < -0.39 is 23.5 Å². The number of carboxylic acid groups (broad SMARTS) is 1. The second kappa shape index (κ2) is 5.98. The molecule has 1 fully saturated rings. The van der Waals surface area contributed by atoms with E-state index in [1.165, 1.54) is 4.90 Å². The summed E-state index contributed by atoms with van der Waals surface area (Å²) < 4.78 is 26.3. The third kappa shape index (κ3) is 3.31. The maximum absolute atomic E-state index is 13.5. The number of benzene rings is 1. The van der Waals surface area contributed by atoms with Gasteiger partial charge in [-0.1, -0.05) is 0 Å². The summed E-state index contributed by atoms with van der Waals surface area (Å²) in [6.07, 6.45) is 1.28. The minimum Gasteiger partial charge on any atom is -0.481 e. The van der Waals surface area contributed by atoms with E-state index in [9.17, 15) is 18.4 Å². The summed E-state index contributed by atoms with van der Waals surface area (Å²) in [5.41, 5.74) is -0.148. The van der Waals surface area contributed by atoms with Gasteiger partial charge in [0, 0.05) is 25.6 Å². The Hall–Kier alpha value is -1.98. The summed E-state index contributed by atoms with van der Waals surface area (Å²) >= 11 is 0. The van der Waals surface area contributed by atoms with E-state index in [0.29, 0.717) is 32.0 Å². The molecule has 1 saturated heterocycles. The highest BCUT2D eigenvalue weighted by atomic mass is 19.1. The first-order valence-electron chi connectivity index (χ1n) is 6.43. The molecule has 1 unspecified atom stereocenters. The minimum absolute atomic E-state index is 0.0671. The summed E-state index contributed by atoms with van der Waals surface area (Å²) in [4.78, 5) is 24.1. The van der Waals surface area contributed by atoms with Crippen LogP contribution in [0.25, 0.3) is 0 Å². The lowest BCUT2D eigenvalue weighted by atomic mass is 10.0. The van der Waals surface area contributed by atoms with Gasteiger partial charge in [0.1, 0.15) is 11.6 Å². The predicted octanol–water partition coefficient (Wildman–Crippen LogP) is 2.29. The van der Waals surface area contributed by atoms with E-state index in [2.05, 4.69) is 0 Å². The fourth-order valence-electron chi connectivity index (χ4n) is 2.41. The number of hydrogen-bond acceptors (Lipinski definition) is 2. The molecule has 2 rings (SSSR count). The number of carbonyl (C=O) groups is 2. The van der Waals surface area contributed by atoms with E-state index in [4.69, 9.17) is 5.11 Å². The third-order valence-corrected chi connectivity index (χ3v) is 3.50. The normalized spacial score (nSPS) is 18.3. The van der Waals surface area contributed by atoms with Crippen LogP contribution in [0.2, 0.25) is 0 Å². The van der Waals surface area contributed by atoms with Crippen LogP contribution in [-0.4, -0.2) is 35.0 Å². The topological polar surface area (TPSA) is 57.6 Å². The number of nitrogens with zero attached hydrogens (tertiary/aromatic N) is 1. The second-order valence-electron chi connectivity index (χ2n) is 4.96. The van der Waals surface area contributed by atoms with Crippen molar-refractivity contribution in [1.82, 2.24) is 4.90 Å². The Morgan fingerprint density at radius 3 is 2.75 bits per heavy atom. The van der Waals surface area contributed by atoms with Crippen molar-refractivity contribution in [3.63, 3.8) is 0 Å². The Bertz CT molecular complexity index is 533. The number of halogens is 2. The van der Waals surface area contributed by atoms with Gasteiger partial charge in [0.05, 0.1) is 5.56 Å². The van der Waals surface area contributed by atoms with Crippen molar-refractivity contribution in [3.8, 4) is 0 Å². The molecule has 108 valence electrons. The largest absolute Gasteiger partial charge is 0.481 e. The monoisotopic (exact) mass is 283 g/mol. The van der Waals surface area contributed by atoms with Crippen molar-refractivity contribution in [2.24, 2.45) is 5.92 Å². The molecule has 20 heavy (non-hydrogen) atoms. The van der Waals surface area contributed by atoms with Crippen LogP contribution in [0.15, 0.2) is 18.2 Å². The van der Waals surface area contributed by atoms with Gasteiger partial charge in [-0.25, -0.2) is 8.78 Å². The molecule has 1 aliphatic rings. The number of likely N-dealkylation sites (tertiary alicyclic amines) is 1.